The van der Waals surface area contributed by atoms with Crippen molar-refractivity contribution in [2.75, 3.05) is 56.1 Å². The molecule has 0 aromatic heterocycles. The maximum atomic E-state index is 13.0. The third-order valence-corrected chi connectivity index (χ3v) is 6.65. The number of urea groups is 1. The molecule has 0 unspecified atom stereocenters. The first kappa shape index (κ1) is 25.3. The fourth-order valence-electron chi connectivity index (χ4n) is 4.38. The second kappa shape index (κ2) is 12.8. The second-order valence-corrected chi connectivity index (χ2v) is 9.34. The van der Waals surface area contributed by atoms with Crippen molar-refractivity contribution in [2.24, 2.45) is 0 Å². The Morgan fingerprint density at radius 3 is 2.49 bits per heavy atom. The standard InChI is InChI=1S/C28H35ClN4O2/c1-2-3-17-33(28(34)30-27-11-6-9-23-8-4-5-10-26(23)27)35-22-7-16-31-18-20-32(21-19-31)25-14-12-24(29)13-15-25/h4-6,8-15H,2-3,7,16-22H2,1H3,(H,30,34). The Labute approximate surface area is 213 Å². The molecule has 2 amide bonds. The largest absolute Gasteiger partial charge is 0.369 e. The molecule has 0 spiro atoms. The Kier molecular flexibility index (Phi) is 9.23. The van der Waals surface area contributed by atoms with Crippen LogP contribution in [0.4, 0.5) is 16.2 Å². The van der Waals surface area contributed by atoms with Gasteiger partial charge in [0.05, 0.1) is 18.8 Å². The number of hydrogen-bond acceptors (Lipinski definition) is 4. The van der Waals surface area contributed by atoms with Crippen LogP contribution in [0.5, 0.6) is 0 Å². The molecule has 7 heteroatoms. The van der Waals surface area contributed by atoms with Crippen molar-refractivity contribution in [1.82, 2.24) is 9.96 Å². The van der Waals surface area contributed by atoms with Gasteiger partial charge in [-0.3, -0.25) is 9.74 Å². The molecule has 1 N–H and O–H groups in total. The highest BCUT2D eigenvalue weighted by Crippen LogP contribution is 2.23. The zero-order valence-electron chi connectivity index (χ0n) is 20.5. The van der Waals surface area contributed by atoms with Gasteiger partial charge >= 0.3 is 6.03 Å². The van der Waals surface area contributed by atoms with Crippen LogP contribution < -0.4 is 10.2 Å². The van der Waals surface area contributed by atoms with E-state index in [2.05, 4.69) is 34.2 Å². The number of hydrogen-bond donors (Lipinski definition) is 1. The molecule has 3 aromatic rings. The van der Waals surface area contributed by atoms with E-state index in [-0.39, 0.29) is 6.03 Å². The third-order valence-electron chi connectivity index (χ3n) is 6.40. The average Bonchev–Trinajstić information content (AvgIpc) is 2.89. The summed E-state index contributed by atoms with van der Waals surface area (Å²) in [7, 11) is 0. The van der Waals surface area contributed by atoms with Crippen molar-refractivity contribution in [1.29, 1.82) is 0 Å². The zero-order valence-corrected chi connectivity index (χ0v) is 21.2. The third kappa shape index (κ3) is 7.10. The fourth-order valence-corrected chi connectivity index (χ4v) is 4.51. The second-order valence-electron chi connectivity index (χ2n) is 8.90. The summed E-state index contributed by atoms with van der Waals surface area (Å²) in [6.07, 6.45) is 2.78. The summed E-state index contributed by atoms with van der Waals surface area (Å²) >= 11 is 6.01. The van der Waals surface area contributed by atoms with Gasteiger partial charge in [0.2, 0.25) is 0 Å². The fraction of sp³-hybridized carbons (Fsp3) is 0.393. The van der Waals surface area contributed by atoms with E-state index in [0.29, 0.717) is 13.2 Å². The molecule has 1 aliphatic heterocycles. The Bertz CT molecular complexity index is 1080. The van der Waals surface area contributed by atoms with Crippen molar-refractivity contribution in [3.8, 4) is 0 Å². The molecule has 4 rings (SSSR count). The zero-order chi connectivity index (χ0) is 24.5. The SMILES string of the molecule is CCCCN(OCCCN1CCN(c2ccc(Cl)cc2)CC1)C(=O)Nc1cccc2ccccc12. The van der Waals surface area contributed by atoms with E-state index in [4.69, 9.17) is 16.4 Å². The van der Waals surface area contributed by atoms with Gasteiger partial charge in [0.1, 0.15) is 0 Å². The molecule has 1 saturated heterocycles. The summed E-state index contributed by atoms with van der Waals surface area (Å²) in [5.41, 5.74) is 2.03. The van der Waals surface area contributed by atoms with Crippen LogP contribution in [0, 0.1) is 0 Å². The summed E-state index contributed by atoms with van der Waals surface area (Å²) in [5.74, 6) is 0. The molecule has 0 atom stereocenters. The Morgan fingerprint density at radius 1 is 0.971 bits per heavy atom. The van der Waals surface area contributed by atoms with Crippen molar-refractivity contribution >= 4 is 39.8 Å². The minimum absolute atomic E-state index is 0.216. The minimum Gasteiger partial charge on any atom is -0.369 e. The number of fused-ring (bicyclic) bond motifs is 1. The van der Waals surface area contributed by atoms with Gasteiger partial charge in [0.15, 0.2) is 0 Å². The van der Waals surface area contributed by atoms with Crippen molar-refractivity contribution in [3.63, 3.8) is 0 Å². The molecule has 1 aliphatic rings. The lowest BCUT2D eigenvalue weighted by molar-refractivity contribution is -0.115. The molecule has 0 radical (unpaired) electrons. The number of carbonyl (C=O) groups is 1. The summed E-state index contributed by atoms with van der Waals surface area (Å²) in [6.45, 7) is 8.20. The van der Waals surface area contributed by atoms with Gasteiger partial charge in [0.25, 0.3) is 0 Å². The van der Waals surface area contributed by atoms with E-state index < -0.39 is 0 Å². The van der Waals surface area contributed by atoms with Crippen LogP contribution in [0.3, 0.4) is 0 Å². The van der Waals surface area contributed by atoms with Crippen molar-refractivity contribution < 1.29 is 9.63 Å². The summed E-state index contributed by atoms with van der Waals surface area (Å²) in [4.78, 5) is 23.8. The number of anilines is 2. The minimum atomic E-state index is -0.216. The lowest BCUT2D eigenvalue weighted by atomic mass is 10.1. The normalized spacial score (nSPS) is 14.3. The monoisotopic (exact) mass is 494 g/mol. The predicted molar refractivity (Wildman–Crippen MR) is 145 cm³/mol. The summed E-state index contributed by atoms with van der Waals surface area (Å²) in [5, 5.41) is 7.43. The topological polar surface area (TPSA) is 48.1 Å². The summed E-state index contributed by atoms with van der Waals surface area (Å²) in [6, 6.07) is 21.8. The van der Waals surface area contributed by atoms with Gasteiger partial charge < -0.3 is 10.2 Å². The molecule has 6 nitrogen and oxygen atoms in total. The lowest BCUT2D eigenvalue weighted by Crippen LogP contribution is -2.46. The van der Waals surface area contributed by atoms with Crippen LogP contribution in [0.2, 0.25) is 5.02 Å². The number of amides is 2. The van der Waals surface area contributed by atoms with Gasteiger partial charge in [-0.25, -0.2) is 9.86 Å². The predicted octanol–water partition coefficient (Wildman–Crippen LogP) is 6.27. The van der Waals surface area contributed by atoms with Crippen molar-refractivity contribution in [3.05, 3.63) is 71.8 Å². The number of piperazine rings is 1. The highest BCUT2D eigenvalue weighted by Gasteiger charge is 2.18. The smallest absolute Gasteiger partial charge is 0.345 e. The Morgan fingerprint density at radius 2 is 1.71 bits per heavy atom. The van der Waals surface area contributed by atoms with E-state index in [9.17, 15) is 4.79 Å². The molecular weight excluding hydrogens is 460 g/mol. The lowest BCUT2D eigenvalue weighted by Gasteiger charge is -2.36. The number of hydroxylamine groups is 2. The number of rotatable bonds is 10. The van der Waals surface area contributed by atoms with Crippen LogP contribution in [0.15, 0.2) is 66.7 Å². The van der Waals surface area contributed by atoms with Crippen LogP contribution in [-0.4, -0.2) is 61.9 Å². The number of nitrogens with one attached hydrogen (secondary N) is 1. The van der Waals surface area contributed by atoms with Gasteiger partial charge in [-0.1, -0.05) is 61.3 Å². The van der Waals surface area contributed by atoms with Crippen LogP contribution >= 0.6 is 11.6 Å². The van der Waals surface area contributed by atoms with Crippen molar-refractivity contribution in [2.45, 2.75) is 26.2 Å². The van der Waals surface area contributed by atoms with E-state index in [0.717, 1.165) is 73.5 Å². The van der Waals surface area contributed by atoms with E-state index >= 15 is 0 Å². The first-order chi connectivity index (χ1) is 17.1. The average molecular weight is 495 g/mol. The Hall–Kier alpha value is -2.80. The Balaban J connectivity index is 1.23. The van der Waals surface area contributed by atoms with Gasteiger partial charge in [-0.2, -0.15) is 0 Å². The molecule has 35 heavy (non-hydrogen) atoms. The van der Waals surface area contributed by atoms with Crippen LogP contribution in [0.25, 0.3) is 10.8 Å². The van der Waals surface area contributed by atoms with Gasteiger partial charge in [-0.15, -0.1) is 0 Å². The molecule has 3 aromatic carbocycles. The van der Waals surface area contributed by atoms with E-state index in [1.807, 2.05) is 54.6 Å². The highest BCUT2D eigenvalue weighted by atomic mass is 35.5. The van der Waals surface area contributed by atoms with Crippen LogP contribution in [0.1, 0.15) is 26.2 Å². The number of halogens is 1. The number of carbonyl (C=O) groups excluding carboxylic acids is 1. The number of unbranched alkanes of at least 4 members (excludes halogenated alkanes) is 1. The molecular formula is C28H35ClN4O2. The first-order valence-electron chi connectivity index (χ1n) is 12.6. The van der Waals surface area contributed by atoms with Crippen LogP contribution in [-0.2, 0) is 4.84 Å². The molecule has 186 valence electrons. The quantitative estimate of drug-likeness (QED) is 0.266. The maximum absolute atomic E-state index is 13.0. The van der Waals surface area contributed by atoms with E-state index in [1.54, 1.807) is 0 Å². The van der Waals surface area contributed by atoms with Gasteiger partial charge in [-0.05, 0) is 48.6 Å². The number of nitrogens with zero attached hydrogens (tertiary/aromatic N) is 3. The van der Waals surface area contributed by atoms with E-state index in [1.165, 1.54) is 10.8 Å². The molecule has 0 bridgehead atoms. The summed E-state index contributed by atoms with van der Waals surface area (Å²) < 4.78 is 0. The first-order valence-corrected chi connectivity index (χ1v) is 12.9. The molecule has 1 heterocycles. The molecule has 0 saturated carbocycles. The maximum Gasteiger partial charge on any atom is 0.345 e. The number of benzene rings is 3. The molecule has 1 fully saturated rings. The molecule has 0 aliphatic carbocycles. The van der Waals surface area contributed by atoms with Gasteiger partial charge in [0, 0.05) is 48.8 Å². The highest BCUT2D eigenvalue weighted by molar-refractivity contribution is 6.30.